The number of halogens is 5. The van der Waals surface area contributed by atoms with Gasteiger partial charge in [-0.15, -0.1) is 5.10 Å². The second-order valence-corrected chi connectivity index (χ2v) is 2.13. The van der Waals surface area contributed by atoms with E-state index in [9.17, 15) is 22.0 Å². The summed E-state index contributed by atoms with van der Waals surface area (Å²) in [7, 11) is 0. The minimum atomic E-state index is -5.63. The van der Waals surface area contributed by atoms with Crippen LogP contribution in [0.25, 0.3) is 0 Å². The molecular weight excluding hydrogens is 195 g/mol. The Morgan fingerprint density at radius 1 is 1.15 bits per heavy atom. The Hall–Kier alpha value is -1.27. The molecule has 1 rings (SSSR count). The smallest absolute Gasteiger partial charge is 0.191 e. The molecule has 7 heteroatoms. The second kappa shape index (κ2) is 2.90. The normalized spacial score (nSPS) is 13.0. The highest BCUT2D eigenvalue weighted by Crippen LogP contribution is 2.42. The molecule has 1 heterocycles. The van der Waals surface area contributed by atoms with Crippen LogP contribution in [-0.4, -0.2) is 16.4 Å². The molecule has 0 saturated carbocycles. The molecule has 0 fully saturated rings. The first-order valence-electron chi connectivity index (χ1n) is 3.00. The van der Waals surface area contributed by atoms with Gasteiger partial charge < -0.3 is 0 Å². The van der Waals surface area contributed by atoms with E-state index in [1.54, 1.807) is 0 Å². The summed E-state index contributed by atoms with van der Waals surface area (Å²) in [5.41, 5.74) is -1.34. The fourth-order valence-corrected chi connectivity index (χ4v) is 0.589. The maximum absolute atomic E-state index is 12.4. The Labute approximate surface area is 69.4 Å². The molecule has 0 N–H and O–H groups in total. The third kappa shape index (κ3) is 1.73. The summed E-state index contributed by atoms with van der Waals surface area (Å²) in [6, 6.07) is 0.514. The van der Waals surface area contributed by atoms with Crippen LogP contribution in [0.1, 0.15) is 5.56 Å². The summed E-state index contributed by atoms with van der Waals surface area (Å²) < 4.78 is 60.0. The summed E-state index contributed by atoms with van der Waals surface area (Å²) in [6.07, 6.45) is -3.41. The van der Waals surface area contributed by atoms with E-state index >= 15 is 0 Å². The molecule has 1 radical (unpaired) electrons. The molecular formula is C6H2F5N2. The molecule has 0 unspecified atom stereocenters. The minimum Gasteiger partial charge on any atom is -0.191 e. The molecule has 0 atom stereocenters. The highest BCUT2D eigenvalue weighted by atomic mass is 19.4. The van der Waals surface area contributed by atoms with Gasteiger partial charge in [0.1, 0.15) is 6.20 Å². The average Bonchev–Trinajstić information content (AvgIpc) is 2.04. The van der Waals surface area contributed by atoms with Gasteiger partial charge in [0.05, 0.1) is 11.8 Å². The molecule has 0 aliphatic carbocycles. The van der Waals surface area contributed by atoms with Crippen molar-refractivity contribution in [3.8, 4) is 0 Å². The van der Waals surface area contributed by atoms with Crippen LogP contribution in [0, 0.1) is 6.20 Å². The van der Waals surface area contributed by atoms with Crippen molar-refractivity contribution in [3.05, 3.63) is 24.0 Å². The van der Waals surface area contributed by atoms with Crippen molar-refractivity contribution in [1.82, 2.24) is 10.2 Å². The first kappa shape index (κ1) is 9.82. The van der Waals surface area contributed by atoms with Crippen LogP contribution in [0.4, 0.5) is 22.0 Å². The van der Waals surface area contributed by atoms with Gasteiger partial charge in [0.25, 0.3) is 0 Å². The Kier molecular flexibility index (Phi) is 2.19. The van der Waals surface area contributed by atoms with E-state index in [1.807, 2.05) is 0 Å². The van der Waals surface area contributed by atoms with Crippen molar-refractivity contribution in [2.45, 2.75) is 12.1 Å². The van der Waals surface area contributed by atoms with E-state index in [0.29, 0.717) is 6.07 Å². The van der Waals surface area contributed by atoms with Crippen LogP contribution >= 0.6 is 0 Å². The molecule has 2 nitrogen and oxygen atoms in total. The fourth-order valence-electron chi connectivity index (χ4n) is 0.589. The number of alkyl halides is 5. The van der Waals surface area contributed by atoms with Gasteiger partial charge in [0, 0.05) is 0 Å². The van der Waals surface area contributed by atoms with Crippen molar-refractivity contribution in [2.75, 3.05) is 0 Å². The first-order chi connectivity index (χ1) is 5.86. The van der Waals surface area contributed by atoms with Crippen molar-refractivity contribution >= 4 is 0 Å². The average molecular weight is 197 g/mol. The predicted octanol–water partition coefficient (Wildman–Crippen LogP) is 1.93. The van der Waals surface area contributed by atoms with E-state index in [2.05, 4.69) is 10.2 Å². The first-order valence-corrected chi connectivity index (χ1v) is 3.00. The molecule has 1 aromatic heterocycles. The molecule has 0 amide bonds. The standard InChI is InChI=1S/C6H2F5N2/c7-5(8,6(9,10)11)4-1-2-12-13-3-4/h1-2H. The van der Waals surface area contributed by atoms with Crippen molar-refractivity contribution < 1.29 is 22.0 Å². The van der Waals surface area contributed by atoms with E-state index in [1.165, 1.54) is 6.20 Å². The van der Waals surface area contributed by atoms with Gasteiger partial charge in [-0.2, -0.15) is 27.1 Å². The topological polar surface area (TPSA) is 25.8 Å². The van der Waals surface area contributed by atoms with E-state index in [4.69, 9.17) is 0 Å². The Bertz CT molecular complexity index is 281. The van der Waals surface area contributed by atoms with Crippen LogP contribution in [-0.2, 0) is 5.92 Å². The summed E-state index contributed by atoms with van der Waals surface area (Å²) >= 11 is 0. The Morgan fingerprint density at radius 3 is 2.15 bits per heavy atom. The zero-order chi connectivity index (χ0) is 10.1. The monoisotopic (exact) mass is 197 g/mol. The zero-order valence-corrected chi connectivity index (χ0v) is 5.94. The third-order valence-electron chi connectivity index (χ3n) is 1.23. The van der Waals surface area contributed by atoms with Crippen LogP contribution < -0.4 is 0 Å². The van der Waals surface area contributed by atoms with Gasteiger partial charge in [0.2, 0.25) is 0 Å². The van der Waals surface area contributed by atoms with E-state index in [-0.39, 0.29) is 0 Å². The molecule has 0 spiro atoms. The van der Waals surface area contributed by atoms with Gasteiger partial charge in [-0.05, 0) is 6.07 Å². The lowest BCUT2D eigenvalue weighted by Crippen LogP contribution is -2.33. The van der Waals surface area contributed by atoms with E-state index in [0.717, 1.165) is 6.20 Å². The van der Waals surface area contributed by atoms with Crippen molar-refractivity contribution in [1.29, 1.82) is 0 Å². The molecule has 0 aliphatic heterocycles. The molecule has 0 aliphatic rings. The summed E-state index contributed by atoms with van der Waals surface area (Å²) in [6.45, 7) is 0. The number of hydrogen-bond acceptors (Lipinski definition) is 2. The number of aromatic nitrogens is 2. The lowest BCUT2D eigenvalue weighted by Gasteiger charge is -2.18. The Balaban J connectivity index is 3.08. The molecule has 0 bridgehead atoms. The molecule has 13 heavy (non-hydrogen) atoms. The highest BCUT2D eigenvalue weighted by Gasteiger charge is 2.59. The molecule has 71 valence electrons. The Morgan fingerprint density at radius 2 is 1.77 bits per heavy atom. The predicted molar refractivity (Wildman–Crippen MR) is 30.8 cm³/mol. The SMILES string of the molecule is FC(F)(F)C(F)(F)c1[c]nncc1. The number of rotatable bonds is 1. The van der Waals surface area contributed by atoms with Crippen LogP contribution in [0.15, 0.2) is 12.3 Å². The fraction of sp³-hybridized carbons (Fsp3) is 0.333. The van der Waals surface area contributed by atoms with Crippen molar-refractivity contribution in [2.24, 2.45) is 0 Å². The minimum absolute atomic E-state index is 0.514. The third-order valence-corrected chi connectivity index (χ3v) is 1.23. The van der Waals surface area contributed by atoms with Crippen molar-refractivity contribution in [3.63, 3.8) is 0 Å². The van der Waals surface area contributed by atoms with Gasteiger partial charge in [-0.3, -0.25) is 0 Å². The summed E-state index contributed by atoms with van der Waals surface area (Å²) in [4.78, 5) is 0. The zero-order valence-electron chi connectivity index (χ0n) is 5.94. The van der Waals surface area contributed by atoms with Crippen LogP contribution in [0.3, 0.4) is 0 Å². The quantitative estimate of drug-likeness (QED) is 0.643. The van der Waals surface area contributed by atoms with Gasteiger partial charge in [-0.1, -0.05) is 0 Å². The number of hydrogen-bond donors (Lipinski definition) is 0. The summed E-state index contributed by atoms with van der Waals surface area (Å²) in [5.74, 6) is -4.93. The van der Waals surface area contributed by atoms with Crippen LogP contribution in [0.2, 0.25) is 0 Å². The molecule has 1 aromatic rings. The maximum Gasteiger partial charge on any atom is 0.458 e. The molecule has 0 saturated heterocycles. The lowest BCUT2D eigenvalue weighted by molar-refractivity contribution is -0.289. The lowest BCUT2D eigenvalue weighted by atomic mass is 10.1. The largest absolute Gasteiger partial charge is 0.458 e. The van der Waals surface area contributed by atoms with Gasteiger partial charge >= 0.3 is 12.1 Å². The van der Waals surface area contributed by atoms with Gasteiger partial charge in [0.15, 0.2) is 0 Å². The second-order valence-electron chi connectivity index (χ2n) is 2.13. The van der Waals surface area contributed by atoms with E-state index < -0.39 is 17.7 Å². The van der Waals surface area contributed by atoms with Gasteiger partial charge in [-0.25, -0.2) is 0 Å². The summed E-state index contributed by atoms with van der Waals surface area (Å²) in [5, 5.41) is 5.84. The van der Waals surface area contributed by atoms with Crippen LogP contribution in [0.5, 0.6) is 0 Å². The number of nitrogens with zero attached hydrogens (tertiary/aromatic N) is 2. The molecule has 0 aromatic carbocycles. The highest BCUT2D eigenvalue weighted by molar-refractivity contribution is 5.13. The maximum atomic E-state index is 12.4.